The molecule has 2 unspecified atom stereocenters. The number of phenolic OH excluding ortho intramolecular Hbond substituents is 1. The van der Waals surface area contributed by atoms with Crippen molar-refractivity contribution < 1.29 is 10.0 Å². The summed E-state index contributed by atoms with van der Waals surface area (Å²) >= 11 is 0. The predicted octanol–water partition coefficient (Wildman–Crippen LogP) is 1.11. The minimum absolute atomic E-state index is 0.135. The molecular weight excluding hydrogens is 184 g/mol. The number of hydrogen-bond donors (Lipinski definition) is 2. The Morgan fingerprint density at radius 2 is 2.21 bits per heavy atom. The Morgan fingerprint density at radius 1 is 1.57 bits per heavy atom. The van der Waals surface area contributed by atoms with Crippen LogP contribution in [-0.4, -0.2) is 16.1 Å². The Bertz CT molecular complexity index is 392. The lowest BCUT2D eigenvalue weighted by molar-refractivity contribution is -0.385. The maximum Gasteiger partial charge on any atom is 0.310 e. The van der Waals surface area contributed by atoms with Crippen molar-refractivity contribution in [2.45, 2.75) is 18.4 Å². The summed E-state index contributed by atoms with van der Waals surface area (Å²) in [5.41, 5.74) is 6.25. The molecule has 0 aliphatic heterocycles. The highest BCUT2D eigenvalue weighted by molar-refractivity contribution is 5.49. The molecule has 0 saturated heterocycles. The summed E-state index contributed by atoms with van der Waals surface area (Å²) in [6.07, 6.45) is 0.886. The van der Waals surface area contributed by atoms with Crippen LogP contribution in [-0.2, 0) is 0 Å². The maximum atomic E-state index is 10.4. The van der Waals surface area contributed by atoms with Gasteiger partial charge in [0, 0.05) is 18.0 Å². The lowest BCUT2D eigenvalue weighted by Gasteiger charge is -2.00. The molecule has 5 heteroatoms. The predicted molar refractivity (Wildman–Crippen MR) is 50.1 cm³/mol. The smallest absolute Gasteiger partial charge is 0.310 e. The van der Waals surface area contributed by atoms with Crippen LogP contribution in [0.1, 0.15) is 17.9 Å². The molecule has 0 heterocycles. The van der Waals surface area contributed by atoms with Gasteiger partial charge < -0.3 is 10.8 Å². The normalized spacial score (nSPS) is 24.6. The van der Waals surface area contributed by atoms with Crippen LogP contribution in [0.25, 0.3) is 0 Å². The Hall–Kier alpha value is -1.62. The highest BCUT2D eigenvalue weighted by Gasteiger charge is 2.35. The Balaban J connectivity index is 2.31. The summed E-state index contributed by atoms with van der Waals surface area (Å²) in [6.45, 7) is 0. The van der Waals surface area contributed by atoms with Crippen LogP contribution in [0, 0.1) is 10.1 Å². The average molecular weight is 194 g/mol. The van der Waals surface area contributed by atoms with Crippen molar-refractivity contribution in [1.82, 2.24) is 0 Å². The van der Waals surface area contributed by atoms with Gasteiger partial charge in [-0.2, -0.15) is 0 Å². The Kier molecular flexibility index (Phi) is 1.89. The third kappa shape index (κ3) is 1.42. The highest BCUT2D eigenvalue weighted by Crippen LogP contribution is 2.41. The summed E-state index contributed by atoms with van der Waals surface area (Å²) in [7, 11) is 0. The SMILES string of the molecule is NC1CC1c1ccc([N+](=O)[O-])c(O)c1. The number of hydrogen-bond acceptors (Lipinski definition) is 4. The van der Waals surface area contributed by atoms with E-state index in [-0.39, 0.29) is 23.4 Å². The van der Waals surface area contributed by atoms with Gasteiger partial charge in [0.1, 0.15) is 0 Å². The number of nitro benzene ring substituents is 1. The van der Waals surface area contributed by atoms with E-state index in [1.165, 1.54) is 12.1 Å². The fourth-order valence-corrected chi connectivity index (χ4v) is 1.52. The fourth-order valence-electron chi connectivity index (χ4n) is 1.52. The zero-order chi connectivity index (χ0) is 10.3. The van der Waals surface area contributed by atoms with Crippen LogP contribution in [0.2, 0.25) is 0 Å². The molecule has 1 fully saturated rings. The van der Waals surface area contributed by atoms with Gasteiger partial charge in [0.25, 0.3) is 0 Å². The molecule has 1 aliphatic carbocycles. The minimum atomic E-state index is -0.605. The number of nitro groups is 1. The van der Waals surface area contributed by atoms with E-state index in [0.717, 1.165) is 12.0 Å². The lowest BCUT2D eigenvalue weighted by atomic mass is 10.1. The quantitative estimate of drug-likeness (QED) is 0.545. The zero-order valence-corrected chi connectivity index (χ0v) is 7.38. The number of nitrogens with zero attached hydrogens (tertiary/aromatic N) is 1. The maximum absolute atomic E-state index is 10.4. The average Bonchev–Trinajstić information content (AvgIpc) is 2.81. The van der Waals surface area contributed by atoms with Gasteiger partial charge in [-0.1, -0.05) is 6.07 Å². The summed E-state index contributed by atoms with van der Waals surface area (Å²) < 4.78 is 0. The van der Waals surface area contributed by atoms with Gasteiger partial charge in [-0.05, 0) is 18.1 Å². The van der Waals surface area contributed by atoms with Gasteiger partial charge >= 0.3 is 5.69 Å². The molecule has 1 saturated carbocycles. The molecule has 1 aromatic carbocycles. The number of aromatic hydroxyl groups is 1. The first-order valence-electron chi connectivity index (χ1n) is 4.32. The monoisotopic (exact) mass is 194 g/mol. The second kappa shape index (κ2) is 2.95. The van der Waals surface area contributed by atoms with Crippen LogP contribution >= 0.6 is 0 Å². The zero-order valence-electron chi connectivity index (χ0n) is 7.38. The molecule has 14 heavy (non-hydrogen) atoms. The molecule has 0 bridgehead atoms. The van der Waals surface area contributed by atoms with Crippen molar-refractivity contribution in [2.75, 3.05) is 0 Å². The van der Waals surface area contributed by atoms with Crippen molar-refractivity contribution >= 4 is 5.69 Å². The molecule has 1 aliphatic rings. The number of benzene rings is 1. The molecule has 0 spiro atoms. The van der Waals surface area contributed by atoms with E-state index in [2.05, 4.69) is 0 Å². The third-order valence-electron chi connectivity index (χ3n) is 2.46. The van der Waals surface area contributed by atoms with Crippen LogP contribution in [0.15, 0.2) is 18.2 Å². The van der Waals surface area contributed by atoms with Crippen molar-refractivity contribution in [2.24, 2.45) is 5.73 Å². The van der Waals surface area contributed by atoms with Gasteiger partial charge in [0.05, 0.1) is 4.92 Å². The fraction of sp³-hybridized carbons (Fsp3) is 0.333. The lowest BCUT2D eigenvalue weighted by Crippen LogP contribution is -2.01. The summed E-state index contributed by atoms with van der Waals surface area (Å²) in [4.78, 5) is 9.80. The molecule has 3 N–H and O–H groups in total. The van der Waals surface area contributed by atoms with E-state index >= 15 is 0 Å². The summed E-state index contributed by atoms with van der Waals surface area (Å²) in [5.74, 6) is -0.0340. The molecule has 2 atom stereocenters. The molecule has 2 rings (SSSR count). The van der Waals surface area contributed by atoms with E-state index in [4.69, 9.17) is 5.73 Å². The van der Waals surface area contributed by atoms with Crippen LogP contribution in [0.4, 0.5) is 5.69 Å². The van der Waals surface area contributed by atoms with Crippen molar-refractivity contribution in [3.8, 4) is 5.75 Å². The molecule has 0 aromatic heterocycles. The first kappa shape index (κ1) is 8.96. The van der Waals surface area contributed by atoms with Gasteiger partial charge in [0.15, 0.2) is 5.75 Å². The molecule has 0 radical (unpaired) electrons. The van der Waals surface area contributed by atoms with E-state index in [9.17, 15) is 15.2 Å². The van der Waals surface area contributed by atoms with E-state index in [0.29, 0.717) is 0 Å². The Labute approximate surface area is 80.3 Å². The summed E-state index contributed by atoms with van der Waals surface area (Å²) in [6, 6.07) is 4.52. The first-order valence-corrected chi connectivity index (χ1v) is 4.32. The Morgan fingerprint density at radius 3 is 2.64 bits per heavy atom. The first-order chi connectivity index (χ1) is 6.59. The molecular formula is C9H10N2O3. The van der Waals surface area contributed by atoms with Gasteiger partial charge in [-0.3, -0.25) is 10.1 Å². The molecule has 74 valence electrons. The van der Waals surface area contributed by atoms with Crippen LogP contribution in [0.3, 0.4) is 0 Å². The van der Waals surface area contributed by atoms with E-state index in [1.54, 1.807) is 6.07 Å². The highest BCUT2D eigenvalue weighted by atomic mass is 16.6. The van der Waals surface area contributed by atoms with E-state index < -0.39 is 4.92 Å². The molecule has 1 aromatic rings. The van der Waals surface area contributed by atoms with Crippen molar-refractivity contribution in [3.05, 3.63) is 33.9 Å². The number of nitrogens with two attached hydrogens (primary N) is 1. The van der Waals surface area contributed by atoms with Crippen molar-refractivity contribution in [1.29, 1.82) is 0 Å². The topological polar surface area (TPSA) is 89.4 Å². The van der Waals surface area contributed by atoms with Gasteiger partial charge in [-0.15, -0.1) is 0 Å². The minimum Gasteiger partial charge on any atom is -0.502 e. The van der Waals surface area contributed by atoms with Crippen LogP contribution < -0.4 is 5.73 Å². The number of phenols is 1. The van der Waals surface area contributed by atoms with E-state index in [1.807, 2.05) is 0 Å². The van der Waals surface area contributed by atoms with Crippen molar-refractivity contribution in [3.63, 3.8) is 0 Å². The second-order valence-electron chi connectivity index (χ2n) is 3.51. The molecule has 0 amide bonds. The van der Waals surface area contributed by atoms with Crippen LogP contribution in [0.5, 0.6) is 5.75 Å². The standard InChI is InChI=1S/C9H10N2O3/c10-7-4-6(7)5-1-2-8(11(13)14)9(12)3-5/h1-3,6-7,12H,4,10H2. The number of rotatable bonds is 2. The summed E-state index contributed by atoms with van der Waals surface area (Å²) in [5, 5.41) is 19.7. The largest absolute Gasteiger partial charge is 0.502 e. The van der Waals surface area contributed by atoms with Gasteiger partial charge in [0.2, 0.25) is 0 Å². The van der Waals surface area contributed by atoms with Gasteiger partial charge in [-0.25, -0.2) is 0 Å². The molecule has 5 nitrogen and oxygen atoms in total. The second-order valence-corrected chi connectivity index (χ2v) is 3.51. The third-order valence-corrected chi connectivity index (χ3v) is 2.46.